The molecule has 0 aromatic heterocycles. The zero-order valence-corrected chi connectivity index (χ0v) is 14.0. The van der Waals surface area contributed by atoms with Crippen molar-refractivity contribution >= 4 is 36.6 Å². The number of nitrogens with two attached hydrogens (primary N) is 4. The SMILES string of the molecule is CCCCNP(N)(N)=S.CCCNP(N)(N)=S. The zero-order valence-electron chi connectivity index (χ0n) is 10.6. The molecule has 0 amide bonds. The summed E-state index contributed by atoms with van der Waals surface area (Å²) in [5, 5.41) is 5.76. The Labute approximate surface area is 115 Å². The third-order valence-electron chi connectivity index (χ3n) is 1.50. The van der Waals surface area contributed by atoms with Crippen molar-refractivity contribution < 1.29 is 0 Å². The first kappa shape index (κ1) is 20.4. The first-order valence-corrected chi connectivity index (χ1v) is 11.3. The molecule has 0 aliphatic rings. The van der Waals surface area contributed by atoms with Crippen LogP contribution in [0.3, 0.4) is 0 Å². The lowest BCUT2D eigenvalue weighted by atomic mass is 10.3. The quantitative estimate of drug-likeness (QED) is 0.298. The highest BCUT2D eigenvalue weighted by molar-refractivity contribution is 8.11. The van der Waals surface area contributed by atoms with Crippen LogP contribution in [0, 0.1) is 0 Å². The van der Waals surface area contributed by atoms with E-state index in [1.807, 2.05) is 6.92 Å². The van der Waals surface area contributed by atoms with Gasteiger partial charge in [-0.05, 0) is 36.5 Å². The molecule has 0 unspecified atom stereocenters. The van der Waals surface area contributed by atoms with E-state index in [-0.39, 0.29) is 0 Å². The summed E-state index contributed by atoms with van der Waals surface area (Å²) < 4.78 is 0. The molecule has 0 rings (SSSR count). The molecule has 106 valence electrons. The second kappa shape index (κ2) is 10.9. The Bertz CT molecular complexity index is 263. The summed E-state index contributed by atoms with van der Waals surface area (Å²) in [6.45, 7) is 1.61. The fourth-order valence-corrected chi connectivity index (χ4v) is 2.35. The molecule has 0 saturated heterocycles. The van der Waals surface area contributed by atoms with Crippen LogP contribution in [0.1, 0.15) is 33.1 Å². The predicted molar refractivity (Wildman–Crippen MR) is 86.5 cm³/mol. The van der Waals surface area contributed by atoms with Gasteiger partial charge in [0.25, 0.3) is 0 Å². The van der Waals surface area contributed by atoms with E-state index in [0.29, 0.717) is 0 Å². The summed E-state index contributed by atoms with van der Waals surface area (Å²) in [5.74, 6) is 0. The van der Waals surface area contributed by atoms with E-state index in [2.05, 4.69) is 17.1 Å². The van der Waals surface area contributed by atoms with Crippen molar-refractivity contribution in [2.45, 2.75) is 33.1 Å². The summed E-state index contributed by atoms with van der Waals surface area (Å²) in [5.41, 5.74) is 21.4. The van der Waals surface area contributed by atoms with Crippen molar-refractivity contribution in [3.05, 3.63) is 0 Å². The van der Waals surface area contributed by atoms with Crippen LogP contribution in [0.25, 0.3) is 0 Å². The van der Waals surface area contributed by atoms with Crippen LogP contribution in [0.2, 0.25) is 0 Å². The number of unbranched alkanes of at least 4 members (excludes halogenated alkanes) is 1. The lowest BCUT2D eigenvalue weighted by Crippen LogP contribution is -2.22. The highest BCUT2D eigenvalue weighted by atomic mass is 32.5. The van der Waals surface area contributed by atoms with E-state index in [1.165, 1.54) is 0 Å². The molecule has 0 spiro atoms. The van der Waals surface area contributed by atoms with Gasteiger partial charge in [0.1, 0.15) is 13.0 Å². The first-order valence-electron chi connectivity index (χ1n) is 5.47. The summed E-state index contributed by atoms with van der Waals surface area (Å²) in [6, 6.07) is 0. The minimum absolute atomic E-state index is 0.824. The number of rotatable bonds is 7. The maximum atomic E-state index is 5.37. The lowest BCUT2D eigenvalue weighted by Gasteiger charge is -2.10. The van der Waals surface area contributed by atoms with Gasteiger partial charge in [0.05, 0.1) is 0 Å². The molecular weight excluding hydrogens is 294 g/mol. The molecular formula is C7H26N6P2S2. The van der Waals surface area contributed by atoms with Crippen molar-refractivity contribution in [2.24, 2.45) is 22.0 Å². The van der Waals surface area contributed by atoms with Gasteiger partial charge in [0.15, 0.2) is 0 Å². The van der Waals surface area contributed by atoms with Crippen LogP contribution < -0.4 is 32.2 Å². The van der Waals surface area contributed by atoms with Gasteiger partial charge in [0, 0.05) is 13.1 Å². The Hall–Kier alpha value is 1.06. The summed E-state index contributed by atoms with van der Waals surface area (Å²) in [7, 11) is 0. The Balaban J connectivity index is 0. The van der Waals surface area contributed by atoms with Crippen LogP contribution in [0.4, 0.5) is 0 Å². The lowest BCUT2D eigenvalue weighted by molar-refractivity contribution is 0.769. The maximum absolute atomic E-state index is 5.37. The third kappa shape index (κ3) is 26.6. The molecule has 0 aromatic rings. The molecule has 0 saturated carbocycles. The zero-order chi connectivity index (χ0) is 13.9. The molecule has 6 nitrogen and oxygen atoms in total. The molecule has 0 atom stereocenters. The first-order chi connectivity index (χ1) is 7.62. The summed E-state index contributed by atoms with van der Waals surface area (Å²) in [6.07, 6.45) is 3.25. The highest BCUT2D eigenvalue weighted by Crippen LogP contribution is 2.17. The van der Waals surface area contributed by atoms with E-state index < -0.39 is 13.0 Å². The molecule has 0 heterocycles. The molecule has 0 aliphatic heterocycles. The van der Waals surface area contributed by atoms with E-state index in [4.69, 9.17) is 45.6 Å². The van der Waals surface area contributed by atoms with Crippen LogP contribution in [-0.4, -0.2) is 13.1 Å². The minimum atomic E-state index is -2.11. The van der Waals surface area contributed by atoms with Gasteiger partial charge >= 0.3 is 0 Å². The smallest absolute Gasteiger partial charge is 0.132 e. The Morgan fingerprint density at radius 3 is 1.47 bits per heavy atom. The highest BCUT2D eigenvalue weighted by Gasteiger charge is 1.98. The molecule has 0 aliphatic carbocycles. The molecule has 10 heteroatoms. The third-order valence-corrected chi connectivity index (χ3v) is 3.71. The fourth-order valence-electron chi connectivity index (χ4n) is 0.717. The number of hydrogen-bond acceptors (Lipinski definition) is 2. The van der Waals surface area contributed by atoms with Gasteiger partial charge in [0.2, 0.25) is 0 Å². The standard InChI is InChI=1S/C4H14N3PS.C3H12N3PS/c1-2-3-4-7-8(5,6)9;1-2-3-6-7(4,5)8/h2-4H2,1H3,(H5,5,6,7,9);2-3H2,1H3,(H5,4,5,6,8). The second-order valence-corrected chi connectivity index (χ2v) is 10.7. The van der Waals surface area contributed by atoms with Crippen LogP contribution >= 0.6 is 13.0 Å². The van der Waals surface area contributed by atoms with Crippen molar-refractivity contribution in [3.8, 4) is 0 Å². The average molecular weight is 320 g/mol. The van der Waals surface area contributed by atoms with Crippen molar-refractivity contribution in [3.63, 3.8) is 0 Å². The van der Waals surface area contributed by atoms with Crippen molar-refractivity contribution in [2.75, 3.05) is 13.1 Å². The van der Waals surface area contributed by atoms with Gasteiger partial charge in [-0.3, -0.25) is 32.2 Å². The normalized spacial score (nSPS) is 11.9. The molecule has 0 aromatic carbocycles. The summed E-state index contributed by atoms with van der Waals surface area (Å²) >= 11 is 9.46. The van der Waals surface area contributed by atoms with Gasteiger partial charge in [-0.1, -0.05) is 20.3 Å². The van der Waals surface area contributed by atoms with Crippen LogP contribution in [-0.2, 0) is 23.6 Å². The van der Waals surface area contributed by atoms with E-state index in [9.17, 15) is 0 Å². The molecule has 0 fully saturated rings. The predicted octanol–water partition coefficient (Wildman–Crippen LogP) is 0.646. The van der Waals surface area contributed by atoms with Crippen LogP contribution in [0.15, 0.2) is 0 Å². The average Bonchev–Trinajstić information content (AvgIpc) is 2.13. The molecule has 17 heavy (non-hydrogen) atoms. The van der Waals surface area contributed by atoms with Gasteiger partial charge in [-0.2, -0.15) is 0 Å². The van der Waals surface area contributed by atoms with E-state index in [1.54, 1.807) is 0 Å². The number of nitrogens with one attached hydrogen (secondary N) is 2. The Morgan fingerprint density at radius 2 is 1.24 bits per heavy atom. The number of hydrogen-bond donors (Lipinski definition) is 6. The molecule has 10 N–H and O–H groups in total. The van der Waals surface area contributed by atoms with E-state index in [0.717, 1.165) is 32.4 Å². The fraction of sp³-hybridized carbons (Fsp3) is 1.00. The second-order valence-electron chi connectivity index (χ2n) is 3.59. The minimum Gasteiger partial charge on any atom is -0.280 e. The maximum Gasteiger partial charge on any atom is 0.132 e. The van der Waals surface area contributed by atoms with Gasteiger partial charge < -0.3 is 0 Å². The largest absolute Gasteiger partial charge is 0.280 e. The monoisotopic (exact) mass is 320 g/mol. The van der Waals surface area contributed by atoms with Crippen molar-refractivity contribution in [1.29, 1.82) is 0 Å². The summed E-state index contributed by atoms with van der Waals surface area (Å²) in [4.78, 5) is 0. The van der Waals surface area contributed by atoms with Crippen molar-refractivity contribution in [1.82, 2.24) is 10.2 Å². The molecule has 0 radical (unpaired) electrons. The van der Waals surface area contributed by atoms with Gasteiger partial charge in [-0.15, -0.1) is 0 Å². The molecule has 0 bridgehead atoms. The van der Waals surface area contributed by atoms with Crippen LogP contribution in [0.5, 0.6) is 0 Å². The topological polar surface area (TPSA) is 128 Å². The Kier molecular flexibility index (Phi) is 13.1. The Morgan fingerprint density at radius 1 is 0.824 bits per heavy atom. The van der Waals surface area contributed by atoms with Gasteiger partial charge in [-0.25, -0.2) is 0 Å². The van der Waals surface area contributed by atoms with E-state index >= 15 is 0 Å².